The van der Waals surface area contributed by atoms with Gasteiger partial charge in [-0.3, -0.25) is 0 Å². The summed E-state index contributed by atoms with van der Waals surface area (Å²) < 4.78 is 1.91. The number of aromatic nitrogens is 3. The molecule has 7 heteroatoms. The molecular weight excluding hydrogens is 352 g/mol. The first-order valence-electron chi connectivity index (χ1n) is 10.4. The van der Waals surface area contributed by atoms with Gasteiger partial charge in [0.15, 0.2) is 5.82 Å². The monoisotopic (exact) mass is 382 g/mol. The standard InChI is InChI=1S/C21H30N6O/c1-16-20(17(2)27(24-16)19-10-6-7-11-22-19)25-12-14-26(15-13-25)21(28)23-18-8-4-3-5-9-18/h6-7,10-11,18H,3-5,8-9,12-15H2,1-2H3,(H,23,28). The molecule has 2 fully saturated rings. The fourth-order valence-electron chi connectivity index (χ4n) is 4.44. The molecule has 4 rings (SSSR count). The molecular formula is C21H30N6O. The number of rotatable bonds is 3. The molecule has 2 aromatic rings. The predicted octanol–water partition coefficient (Wildman–Crippen LogP) is 3.05. The van der Waals surface area contributed by atoms with Crippen molar-refractivity contribution in [3.8, 4) is 5.82 Å². The lowest BCUT2D eigenvalue weighted by atomic mass is 9.96. The first kappa shape index (κ1) is 18.8. The normalized spacial score (nSPS) is 18.4. The van der Waals surface area contributed by atoms with E-state index in [2.05, 4.69) is 22.1 Å². The van der Waals surface area contributed by atoms with E-state index in [0.29, 0.717) is 6.04 Å². The number of carbonyl (C=O) groups is 1. The number of nitrogens with one attached hydrogen (secondary N) is 1. The second-order valence-electron chi connectivity index (χ2n) is 7.88. The van der Waals surface area contributed by atoms with Gasteiger partial charge in [-0.25, -0.2) is 14.5 Å². The highest BCUT2D eigenvalue weighted by Crippen LogP contribution is 2.27. The van der Waals surface area contributed by atoms with Crippen molar-refractivity contribution in [3.05, 3.63) is 35.8 Å². The minimum absolute atomic E-state index is 0.101. The maximum absolute atomic E-state index is 12.6. The molecule has 2 aromatic heterocycles. The molecule has 1 aliphatic carbocycles. The van der Waals surface area contributed by atoms with E-state index in [1.165, 1.54) is 19.3 Å². The summed E-state index contributed by atoms with van der Waals surface area (Å²) in [6.07, 6.45) is 7.80. The number of anilines is 1. The highest BCUT2D eigenvalue weighted by molar-refractivity contribution is 5.75. The van der Waals surface area contributed by atoms with Gasteiger partial charge in [0.05, 0.1) is 17.1 Å². The van der Waals surface area contributed by atoms with Crippen LogP contribution < -0.4 is 10.2 Å². The molecule has 0 aromatic carbocycles. The molecule has 2 amide bonds. The van der Waals surface area contributed by atoms with Crippen LogP contribution in [0.4, 0.5) is 10.5 Å². The predicted molar refractivity (Wildman–Crippen MR) is 110 cm³/mol. The Bertz CT molecular complexity index is 804. The van der Waals surface area contributed by atoms with Crippen molar-refractivity contribution in [2.24, 2.45) is 0 Å². The molecule has 0 unspecified atom stereocenters. The molecule has 1 N–H and O–H groups in total. The second kappa shape index (κ2) is 8.20. The third kappa shape index (κ3) is 3.84. The quantitative estimate of drug-likeness (QED) is 0.886. The zero-order valence-electron chi connectivity index (χ0n) is 16.9. The maximum atomic E-state index is 12.6. The van der Waals surface area contributed by atoms with E-state index >= 15 is 0 Å². The molecule has 1 aliphatic heterocycles. The van der Waals surface area contributed by atoms with Crippen molar-refractivity contribution in [2.45, 2.75) is 52.0 Å². The van der Waals surface area contributed by atoms with E-state index in [-0.39, 0.29) is 6.03 Å². The Hall–Kier alpha value is -2.57. The van der Waals surface area contributed by atoms with Gasteiger partial charge in [-0.1, -0.05) is 25.3 Å². The minimum Gasteiger partial charge on any atom is -0.365 e. The van der Waals surface area contributed by atoms with Crippen LogP contribution in [0, 0.1) is 13.8 Å². The Kier molecular flexibility index (Phi) is 5.50. The van der Waals surface area contributed by atoms with Gasteiger partial charge in [-0.2, -0.15) is 5.10 Å². The number of aryl methyl sites for hydroxylation is 1. The summed E-state index contributed by atoms with van der Waals surface area (Å²) in [4.78, 5) is 21.3. The summed E-state index contributed by atoms with van der Waals surface area (Å²) in [6, 6.07) is 6.32. The third-order valence-electron chi connectivity index (χ3n) is 5.94. The SMILES string of the molecule is Cc1nn(-c2ccccn2)c(C)c1N1CCN(C(=O)NC2CCCCC2)CC1. The van der Waals surface area contributed by atoms with Gasteiger partial charge in [0.1, 0.15) is 0 Å². The molecule has 7 nitrogen and oxygen atoms in total. The number of urea groups is 1. The molecule has 2 aliphatic rings. The van der Waals surface area contributed by atoms with Crippen molar-refractivity contribution in [3.63, 3.8) is 0 Å². The van der Waals surface area contributed by atoms with Crippen LogP contribution in [0.2, 0.25) is 0 Å². The maximum Gasteiger partial charge on any atom is 0.317 e. The molecule has 1 saturated heterocycles. The van der Waals surface area contributed by atoms with Crippen LogP contribution in [0.1, 0.15) is 43.5 Å². The number of amides is 2. The van der Waals surface area contributed by atoms with Crippen molar-refractivity contribution < 1.29 is 4.79 Å². The number of piperazine rings is 1. The van der Waals surface area contributed by atoms with Gasteiger partial charge in [-0.05, 0) is 38.8 Å². The Balaban J connectivity index is 1.40. The van der Waals surface area contributed by atoms with E-state index in [9.17, 15) is 4.79 Å². The summed E-state index contributed by atoms with van der Waals surface area (Å²) >= 11 is 0. The van der Waals surface area contributed by atoms with Crippen LogP contribution >= 0.6 is 0 Å². The van der Waals surface area contributed by atoms with Gasteiger partial charge in [0.25, 0.3) is 0 Å². The van der Waals surface area contributed by atoms with Crippen molar-refractivity contribution in [1.82, 2.24) is 25.0 Å². The van der Waals surface area contributed by atoms with E-state index in [0.717, 1.165) is 61.9 Å². The zero-order valence-corrected chi connectivity index (χ0v) is 16.9. The van der Waals surface area contributed by atoms with Crippen LogP contribution in [-0.4, -0.2) is 57.9 Å². The number of hydrogen-bond acceptors (Lipinski definition) is 4. The number of nitrogens with zero attached hydrogens (tertiary/aromatic N) is 5. The lowest BCUT2D eigenvalue weighted by Gasteiger charge is -2.37. The lowest BCUT2D eigenvalue weighted by molar-refractivity contribution is 0.186. The fraction of sp³-hybridized carbons (Fsp3) is 0.571. The summed E-state index contributed by atoms with van der Waals surface area (Å²) in [7, 11) is 0. The van der Waals surface area contributed by atoms with Gasteiger partial charge < -0.3 is 15.1 Å². The first-order valence-corrected chi connectivity index (χ1v) is 10.4. The highest BCUT2D eigenvalue weighted by Gasteiger charge is 2.27. The average Bonchev–Trinajstić information content (AvgIpc) is 3.03. The third-order valence-corrected chi connectivity index (χ3v) is 5.94. The Morgan fingerprint density at radius 1 is 1.07 bits per heavy atom. The minimum atomic E-state index is 0.101. The largest absolute Gasteiger partial charge is 0.365 e. The van der Waals surface area contributed by atoms with Crippen LogP contribution in [0.15, 0.2) is 24.4 Å². The Morgan fingerprint density at radius 2 is 1.82 bits per heavy atom. The van der Waals surface area contributed by atoms with Crippen LogP contribution in [-0.2, 0) is 0 Å². The van der Waals surface area contributed by atoms with E-state index < -0.39 is 0 Å². The number of hydrogen-bond donors (Lipinski definition) is 1. The Labute approximate surface area is 166 Å². The van der Waals surface area contributed by atoms with Crippen LogP contribution in [0.5, 0.6) is 0 Å². The van der Waals surface area contributed by atoms with Gasteiger partial charge in [0.2, 0.25) is 0 Å². The van der Waals surface area contributed by atoms with E-state index in [4.69, 9.17) is 5.10 Å². The lowest BCUT2D eigenvalue weighted by Crippen LogP contribution is -2.53. The molecule has 1 saturated carbocycles. The topological polar surface area (TPSA) is 66.3 Å². The second-order valence-corrected chi connectivity index (χ2v) is 7.88. The summed E-state index contributed by atoms with van der Waals surface area (Å²) in [5.74, 6) is 0.833. The van der Waals surface area contributed by atoms with Gasteiger partial charge in [-0.15, -0.1) is 0 Å². The zero-order chi connectivity index (χ0) is 19.5. The molecule has 150 valence electrons. The van der Waals surface area contributed by atoms with Gasteiger partial charge in [0, 0.05) is 38.4 Å². The van der Waals surface area contributed by atoms with Crippen LogP contribution in [0.25, 0.3) is 5.82 Å². The molecule has 0 bridgehead atoms. The van der Waals surface area contributed by atoms with Crippen molar-refractivity contribution >= 4 is 11.7 Å². The number of carbonyl (C=O) groups excluding carboxylic acids is 1. The van der Waals surface area contributed by atoms with E-state index in [1.807, 2.05) is 34.7 Å². The smallest absolute Gasteiger partial charge is 0.317 e. The summed E-state index contributed by atoms with van der Waals surface area (Å²) in [5, 5.41) is 7.94. The van der Waals surface area contributed by atoms with Crippen LogP contribution in [0.3, 0.4) is 0 Å². The highest BCUT2D eigenvalue weighted by atomic mass is 16.2. The molecule has 3 heterocycles. The first-order chi connectivity index (χ1) is 13.6. The molecule has 28 heavy (non-hydrogen) atoms. The fourth-order valence-corrected chi connectivity index (χ4v) is 4.44. The number of pyridine rings is 1. The molecule has 0 radical (unpaired) electrons. The van der Waals surface area contributed by atoms with Gasteiger partial charge >= 0.3 is 6.03 Å². The molecule has 0 atom stereocenters. The van der Waals surface area contributed by atoms with Crippen molar-refractivity contribution in [2.75, 3.05) is 31.1 Å². The Morgan fingerprint density at radius 3 is 2.50 bits per heavy atom. The van der Waals surface area contributed by atoms with Crippen molar-refractivity contribution in [1.29, 1.82) is 0 Å². The summed E-state index contributed by atoms with van der Waals surface area (Å²) in [5.41, 5.74) is 3.26. The molecule has 0 spiro atoms. The average molecular weight is 383 g/mol. The van der Waals surface area contributed by atoms with E-state index in [1.54, 1.807) is 6.20 Å². The summed E-state index contributed by atoms with van der Waals surface area (Å²) in [6.45, 7) is 7.27.